The summed E-state index contributed by atoms with van der Waals surface area (Å²) in [4.78, 5) is 23.8. The van der Waals surface area contributed by atoms with E-state index in [1.54, 1.807) is 13.0 Å². The van der Waals surface area contributed by atoms with Crippen molar-refractivity contribution < 1.29 is 19.1 Å². The molecule has 0 aromatic heterocycles. The first kappa shape index (κ1) is 11.6. The van der Waals surface area contributed by atoms with Crippen LogP contribution in [0.3, 0.4) is 0 Å². The van der Waals surface area contributed by atoms with Crippen molar-refractivity contribution in [1.82, 2.24) is 4.90 Å². The van der Waals surface area contributed by atoms with Gasteiger partial charge in [-0.1, -0.05) is 11.6 Å². The normalized spacial score (nSPS) is 15.5. The Morgan fingerprint density at radius 2 is 2.06 bits per heavy atom. The van der Waals surface area contributed by atoms with Crippen LogP contribution in [0.5, 0.6) is 0 Å². The Bertz CT molecular complexity index is 481. The molecule has 90 valence electrons. The van der Waals surface area contributed by atoms with E-state index in [4.69, 9.17) is 5.11 Å². The van der Waals surface area contributed by atoms with Crippen LogP contribution in [-0.2, 0) is 4.79 Å². The molecule has 1 heterocycles. The molecular weight excluding hydrogens is 225 g/mol. The van der Waals surface area contributed by atoms with Gasteiger partial charge >= 0.3 is 5.97 Å². The van der Waals surface area contributed by atoms with Crippen LogP contribution >= 0.6 is 0 Å². The Hall–Kier alpha value is -1.91. The molecule has 17 heavy (non-hydrogen) atoms. The highest BCUT2D eigenvalue weighted by Gasteiger charge is 2.36. The van der Waals surface area contributed by atoms with Crippen LogP contribution in [0, 0.1) is 18.7 Å². The van der Waals surface area contributed by atoms with Gasteiger partial charge in [-0.3, -0.25) is 9.59 Å². The van der Waals surface area contributed by atoms with Gasteiger partial charge in [-0.25, -0.2) is 4.39 Å². The summed E-state index contributed by atoms with van der Waals surface area (Å²) >= 11 is 0. The number of carboxylic acid groups (broad SMARTS) is 1. The quantitative estimate of drug-likeness (QED) is 0.843. The molecule has 5 heteroatoms. The first-order valence-corrected chi connectivity index (χ1v) is 5.27. The van der Waals surface area contributed by atoms with E-state index in [1.807, 2.05) is 0 Å². The maximum absolute atomic E-state index is 13.4. The Morgan fingerprint density at radius 3 is 2.65 bits per heavy atom. The van der Waals surface area contributed by atoms with Crippen LogP contribution in [0.4, 0.5) is 4.39 Å². The summed E-state index contributed by atoms with van der Waals surface area (Å²) in [6, 6.07) is 4.31. The zero-order chi connectivity index (χ0) is 12.6. The van der Waals surface area contributed by atoms with E-state index in [0.717, 1.165) is 5.56 Å². The minimum atomic E-state index is -0.918. The van der Waals surface area contributed by atoms with Gasteiger partial charge in [-0.2, -0.15) is 0 Å². The number of carboxylic acids is 1. The average Bonchev–Trinajstić information content (AvgIpc) is 2.18. The second-order valence-electron chi connectivity index (χ2n) is 4.23. The van der Waals surface area contributed by atoms with Crippen LogP contribution in [0.2, 0.25) is 0 Å². The summed E-state index contributed by atoms with van der Waals surface area (Å²) in [7, 11) is 0. The van der Waals surface area contributed by atoms with Gasteiger partial charge in [0.05, 0.1) is 11.5 Å². The molecule has 0 unspecified atom stereocenters. The fourth-order valence-electron chi connectivity index (χ4n) is 1.77. The summed E-state index contributed by atoms with van der Waals surface area (Å²) in [6.07, 6.45) is 0. The summed E-state index contributed by atoms with van der Waals surface area (Å²) in [5.41, 5.74) is 0.805. The topological polar surface area (TPSA) is 57.6 Å². The molecule has 1 saturated heterocycles. The lowest BCUT2D eigenvalue weighted by Crippen LogP contribution is -2.53. The fourth-order valence-corrected chi connectivity index (χ4v) is 1.77. The third-order valence-electron chi connectivity index (χ3n) is 2.87. The average molecular weight is 237 g/mol. The number of hydrogen-bond donors (Lipinski definition) is 1. The highest BCUT2D eigenvalue weighted by molar-refractivity contribution is 5.96. The minimum Gasteiger partial charge on any atom is -0.481 e. The molecule has 0 radical (unpaired) electrons. The van der Waals surface area contributed by atoms with Gasteiger partial charge in [0, 0.05) is 13.1 Å². The molecule has 1 amide bonds. The number of benzene rings is 1. The molecule has 1 aromatic carbocycles. The van der Waals surface area contributed by atoms with Crippen molar-refractivity contribution in [2.75, 3.05) is 13.1 Å². The molecule has 1 aliphatic rings. The van der Waals surface area contributed by atoms with Crippen molar-refractivity contribution >= 4 is 11.9 Å². The third-order valence-corrected chi connectivity index (χ3v) is 2.87. The van der Waals surface area contributed by atoms with Crippen molar-refractivity contribution in [3.63, 3.8) is 0 Å². The molecular formula is C12H12FNO3. The van der Waals surface area contributed by atoms with E-state index in [2.05, 4.69) is 0 Å². The van der Waals surface area contributed by atoms with Gasteiger partial charge in [0.1, 0.15) is 5.82 Å². The lowest BCUT2D eigenvalue weighted by atomic mass is 9.98. The van der Waals surface area contributed by atoms with E-state index < -0.39 is 23.6 Å². The van der Waals surface area contributed by atoms with Crippen LogP contribution in [-0.4, -0.2) is 35.0 Å². The van der Waals surface area contributed by atoms with Crippen molar-refractivity contribution in [2.24, 2.45) is 5.92 Å². The lowest BCUT2D eigenvalue weighted by molar-refractivity contribution is -0.146. The number of carbonyl (C=O) groups is 2. The number of rotatable bonds is 2. The van der Waals surface area contributed by atoms with Gasteiger partial charge < -0.3 is 10.0 Å². The number of aryl methyl sites for hydroxylation is 1. The van der Waals surface area contributed by atoms with Gasteiger partial charge in [0.2, 0.25) is 0 Å². The van der Waals surface area contributed by atoms with E-state index in [1.165, 1.54) is 17.0 Å². The summed E-state index contributed by atoms with van der Waals surface area (Å²) < 4.78 is 13.4. The maximum atomic E-state index is 13.4. The van der Waals surface area contributed by atoms with Crippen molar-refractivity contribution in [3.05, 3.63) is 35.1 Å². The number of amides is 1. The zero-order valence-corrected chi connectivity index (χ0v) is 9.31. The van der Waals surface area contributed by atoms with Crippen LogP contribution < -0.4 is 0 Å². The van der Waals surface area contributed by atoms with Crippen LogP contribution in [0.15, 0.2) is 18.2 Å². The number of carbonyl (C=O) groups excluding carboxylic acids is 1. The SMILES string of the molecule is Cc1ccc(F)c(C(=O)N2CC(C(=O)O)C2)c1. The second-order valence-corrected chi connectivity index (χ2v) is 4.23. The van der Waals surface area contributed by atoms with Crippen LogP contribution in [0.25, 0.3) is 0 Å². The summed E-state index contributed by atoms with van der Waals surface area (Å²) in [5, 5.41) is 8.69. The van der Waals surface area contributed by atoms with Crippen molar-refractivity contribution in [2.45, 2.75) is 6.92 Å². The molecule has 1 aromatic rings. The second kappa shape index (κ2) is 4.16. The fraction of sp³-hybridized carbons (Fsp3) is 0.333. The van der Waals surface area contributed by atoms with Crippen molar-refractivity contribution in [3.8, 4) is 0 Å². The summed E-state index contributed by atoms with van der Waals surface area (Å²) in [5.74, 6) is -2.45. The molecule has 0 bridgehead atoms. The molecule has 0 saturated carbocycles. The van der Waals surface area contributed by atoms with E-state index in [0.29, 0.717) is 0 Å². The van der Waals surface area contributed by atoms with Crippen molar-refractivity contribution in [1.29, 1.82) is 0 Å². The van der Waals surface area contributed by atoms with E-state index in [-0.39, 0.29) is 18.7 Å². The molecule has 1 aliphatic heterocycles. The molecule has 4 nitrogen and oxygen atoms in total. The largest absolute Gasteiger partial charge is 0.481 e. The first-order valence-electron chi connectivity index (χ1n) is 5.27. The molecule has 0 spiro atoms. The number of nitrogens with zero attached hydrogens (tertiary/aromatic N) is 1. The molecule has 2 rings (SSSR count). The Kier molecular flexibility index (Phi) is 2.83. The number of likely N-dealkylation sites (tertiary alicyclic amines) is 1. The highest BCUT2D eigenvalue weighted by Crippen LogP contribution is 2.20. The molecule has 1 N–H and O–H groups in total. The van der Waals surface area contributed by atoms with Crippen LogP contribution in [0.1, 0.15) is 15.9 Å². The van der Waals surface area contributed by atoms with Gasteiger partial charge in [0.25, 0.3) is 5.91 Å². The molecule has 0 aliphatic carbocycles. The zero-order valence-electron chi connectivity index (χ0n) is 9.31. The first-order chi connectivity index (χ1) is 7.99. The lowest BCUT2D eigenvalue weighted by Gasteiger charge is -2.36. The third kappa shape index (κ3) is 2.13. The van der Waals surface area contributed by atoms with Gasteiger partial charge in [-0.15, -0.1) is 0 Å². The maximum Gasteiger partial charge on any atom is 0.310 e. The summed E-state index contributed by atoms with van der Waals surface area (Å²) in [6.45, 7) is 2.08. The van der Waals surface area contributed by atoms with Gasteiger partial charge in [0.15, 0.2) is 0 Å². The van der Waals surface area contributed by atoms with E-state index >= 15 is 0 Å². The Balaban J connectivity index is 2.11. The minimum absolute atomic E-state index is 0.00818. The standard InChI is InChI=1S/C12H12FNO3/c1-7-2-3-10(13)9(4-7)11(15)14-5-8(6-14)12(16)17/h2-4,8H,5-6H2,1H3,(H,16,17). The molecule has 0 atom stereocenters. The Morgan fingerprint density at radius 1 is 1.41 bits per heavy atom. The number of aliphatic carboxylic acids is 1. The Labute approximate surface area is 97.7 Å². The monoisotopic (exact) mass is 237 g/mol. The number of hydrogen-bond acceptors (Lipinski definition) is 2. The smallest absolute Gasteiger partial charge is 0.310 e. The molecule has 1 fully saturated rings. The predicted molar refractivity (Wildman–Crippen MR) is 58.2 cm³/mol. The number of halogens is 1. The van der Waals surface area contributed by atoms with Gasteiger partial charge in [-0.05, 0) is 19.1 Å². The van der Waals surface area contributed by atoms with E-state index in [9.17, 15) is 14.0 Å². The predicted octanol–water partition coefficient (Wildman–Crippen LogP) is 1.29. The highest BCUT2D eigenvalue weighted by atomic mass is 19.1.